The van der Waals surface area contributed by atoms with Crippen LogP contribution in [0.4, 0.5) is 4.79 Å². The molecule has 22 heavy (non-hydrogen) atoms. The average Bonchev–Trinajstić information content (AvgIpc) is 2.35. The van der Waals surface area contributed by atoms with E-state index in [0.29, 0.717) is 26.2 Å². The number of amides is 2. The third-order valence-corrected chi connectivity index (χ3v) is 5.62. The first-order chi connectivity index (χ1) is 10.0. The third kappa shape index (κ3) is 3.72. The molecule has 1 atom stereocenters. The van der Waals surface area contributed by atoms with Gasteiger partial charge in [0.25, 0.3) is 0 Å². The largest absolute Gasteiger partial charge is 0.336 e. The van der Waals surface area contributed by atoms with E-state index in [-0.39, 0.29) is 23.7 Å². The SMILES string of the molecule is CC(C)NC(=O)N1CCN2C(C1)CN(S(C)(=O)=O)CC2(C)C. The Bertz CT molecular complexity index is 532. The van der Waals surface area contributed by atoms with Crippen LogP contribution in [0.3, 0.4) is 0 Å². The minimum absolute atomic E-state index is 0.0464. The molecule has 1 N–H and O–H groups in total. The molecule has 0 aromatic rings. The van der Waals surface area contributed by atoms with Crippen molar-refractivity contribution in [1.82, 2.24) is 19.4 Å². The number of piperazine rings is 2. The molecule has 2 amide bonds. The molecular weight excluding hydrogens is 304 g/mol. The van der Waals surface area contributed by atoms with E-state index >= 15 is 0 Å². The van der Waals surface area contributed by atoms with E-state index in [1.165, 1.54) is 10.6 Å². The Kier molecular flexibility index (Phi) is 4.75. The van der Waals surface area contributed by atoms with E-state index in [1.54, 1.807) is 4.90 Å². The van der Waals surface area contributed by atoms with Crippen molar-refractivity contribution in [1.29, 1.82) is 0 Å². The molecule has 128 valence electrons. The van der Waals surface area contributed by atoms with Gasteiger partial charge in [0.15, 0.2) is 0 Å². The van der Waals surface area contributed by atoms with Crippen LogP contribution in [0.1, 0.15) is 27.7 Å². The minimum atomic E-state index is -3.22. The molecule has 2 fully saturated rings. The topological polar surface area (TPSA) is 73.0 Å². The zero-order chi connectivity index (χ0) is 16.7. The standard InChI is InChI=1S/C14H28N4O3S/c1-11(2)15-13(19)16-6-7-18-12(8-16)9-17(22(5,20)21)10-14(18,3)4/h11-12H,6-10H2,1-5H3,(H,15,19). The zero-order valence-corrected chi connectivity index (χ0v) is 15.0. The van der Waals surface area contributed by atoms with E-state index in [2.05, 4.69) is 24.1 Å². The summed E-state index contributed by atoms with van der Waals surface area (Å²) in [5.41, 5.74) is -0.216. The molecule has 1 unspecified atom stereocenters. The maximum absolute atomic E-state index is 12.2. The van der Waals surface area contributed by atoms with E-state index < -0.39 is 10.0 Å². The molecule has 0 bridgehead atoms. The molecule has 0 saturated carbocycles. The number of nitrogens with zero attached hydrogens (tertiary/aromatic N) is 3. The number of hydrogen-bond acceptors (Lipinski definition) is 4. The lowest BCUT2D eigenvalue weighted by Crippen LogP contribution is -2.71. The van der Waals surface area contributed by atoms with Crippen molar-refractivity contribution in [2.45, 2.75) is 45.3 Å². The van der Waals surface area contributed by atoms with Crippen LogP contribution in [0.5, 0.6) is 0 Å². The molecule has 0 aromatic heterocycles. The van der Waals surface area contributed by atoms with E-state index in [1.807, 2.05) is 13.8 Å². The normalized spacial score (nSPS) is 26.8. The fraction of sp³-hybridized carbons (Fsp3) is 0.929. The van der Waals surface area contributed by atoms with Gasteiger partial charge in [0.1, 0.15) is 0 Å². The molecule has 2 heterocycles. The van der Waals surface area contributed by atoms with Crippen molar-refractivity contribution < 1.29 is 13.2 Å². The summed E-state index contributed by atoms with van der Waals surface area (Å²) in [5.74, 6) is 0. The molecule has 2 aliphatic rings. The fourth-order valence-electron chi connectivity index (χ4n) is 3.41. The number of nitrogens with one attached hydrogen (secondary N) is 1. The van der Waals surface area contributed by atoms with Crippen molar-refractivity contribution >= 4 is 16.1 Å². The number of hydrogen-bond donors (Lipinski definition) is 1. The third-order valence-electron chi connectivity index (χ3n) is 4.41. The molecule has 0 aromatic carbocycles. The molecular formula is C14H28N4O3S. The van der Waals surface area contributed by atoms with Crippen LogP contribution in [0.2, 0.25) is 0 Å². The van der Waals surface area contributed by atoms with Crippen molar-refractivity contribution in [3.05, 3.63) is 0 Å². The van der Waals surface area contributed by atoms with E-state index in [9.17, 15) is 13.2 Å². The molecule has 2 aliphatic heterocycles. The van der Waals surface area contributed by atoms with Crippen LogP contribution in [0, 0.1) is 0 Å². The Balaban J connectivity index is 2.13. The maximum atomic E-state index is 12.2. The average molecular weight is 332 g/mol. The van der Waals surface area contributed by atoms with Gasteiger partial charge in [-0.1, -0.05) is 0 Å². The smallest absolute Gasteiger partial charge is 0.317 e. The minimum Gasteiger partial charge on any atom is -0.336 e. The highest BCUT2D eigenvalue weighted by Gasteiger charge is 2.45. The molecule has 0 aliphatic carbocycles. The van der Waals surface area contributed by atoms with Gasteiger partial charge in [-0.15, -0.1) is 0 Å². The predicted molar refractivity (Wildman–Crippen MR) is 86.2 cm³/mol. The second-order valence-electron chi connectivity index (χ2n) is 7.27. The van der Waals surface area contributed by atoms with Crippen molar-refractivity contribution in [3.8, 4) is 0 Å². The van der Waals surface area contributed by atoms with Crippen molar-refractivity contribution in [3.63, 3.8) is 0 Å². The predicted octanol–water partition coefficient (Wildman–Crippen LogP) is 0.144. The first-order valence-corrected chi connectivity index (χ1v) is 9.63. The van der Waals surface area contributed by atoms with Gasteiger partial charge in [0.2, 0.25) is 10.0 Å². The molecule has 7 nitrogen and oxygen atoms in total. The highest BCUT2D eigenvalue weighted by atomic mass is 32.2. The van der Waals surface area contributed by atoms with E-state index in [4.69, 9.17) is 0 Å². The Morgan fingerprint density at radius 1 is 1.23 bits per heavy atom. The summed E-state index contributed by atoms with van der Waals surface area (Å²) in [7, 11) is -3.22. The lowest BCUT2D eigenvalue weighted by molar-refractivity contribution is -0.0336. The quantitative estimate of drug-likeness (QED) is 0.781. The Morgan fingerprint density at radius 2 is 1.86 bits per heavy atom. The molecule has 0 radical (unpaired) electrons. The highest BCUT2D eigenvalue weighted by Crippen LogP contribution is 2.29. The van der Waals surface area contributed by atoms with Crippen LogP contribution >= 0.6 is 0 Å². The number of rotatable bonds is 2. The Labute approximate surface area is 133 Å². The second-order valence-corrected chi connectivity index (χ2v) is 9.25. The Morgan fingerprint density at radius 3 is 2.41 bits per heavy atom. The highest BCUT2D eigenvalue weighted by molar-refractivity contribution is 7.88. The van der Waals surface area contributed by atoms with Gasteiger partial charge in [-0.3, -0.25) is 4.90 Å². The van der Waals surface area contributed by atoms with E-state index in [0.717, 1.165) is 6.54 Å². The van der Waals surface area contributed by atoms with Gasteiger partial charge in [0, 0.05) is 50.3 Å². The van der Waals surface area contributed by atoms with Crippen LogP contribution < -0.4 is 5.32 Å². The van der Waals surface area contributed by atoms with Crippen LogP contribution in [0.25, 0.3) is 0 Å². The number of fused-ring (bicyclic) bond motifs is 1. The van der Waals surface area contributed by atoms with Gasteiger partial charge >= 0.3 is 6.03 Å². The summed E-state index contributed by atoms with van der Waals surface area (Å²) < 4.78 is 25.4. The zero-order valence-electron chi connectivity index (χ0n) is 14.2. The first-order valence-electron chi connectivity index (χ1n) is 7.78. The van der Waals surface area contributed by atoms with Gasteiger partial charge < -0.3 is 10.2 Å². The number of carbonyl (C=O) groups excluding carboxylic acids is 1. The summed E-state index contributed by atoms with van der Waals surface area (Å²) in [6, 6.07) is 0.0786. The fourth-order valence-corrected chi connectivity index (χ4v) is 4.40. The molecule has 8 heteroatoms. The monoisotopic (exact) mass is 332 g/mol. The summed E-state index contributed by atoms with van der Waals surface area (Å²) in [4.78, 5) is 16.3. The summed E-state index contributed by atoms with van der Waals surface area (Å²) in [6.45, 7) is 11.0. The van der Waals surface area contributed by atoms with Crippen LogP contribution in [0.15, 0.2) is 0 Å². The van der Waals surface area contributed by atoms with Gasteiger partial charge in [-0.25, -0.2) is 13.2 Å². The molecule has 2 saturated heterocycles. The summed E-state index contributed by atoms with van der Waals surface area (Å²) >= 11 is 0. The Hall–Kier alpha value is -0.860. The van der Waals surface area contributed by atoms with Crippen LogP contribution in [-0.2, 0) is 10.0 Å². The maximum Gasteiger partial charge on any atom is 0.317 e. The van der Waals surface area contributed by atoms with Crippen molar-refractivity contribution in [2.75, 3.05) is 39.0 Å². The van der Waals surface area contributed by atoms with Crippen LogP contribution in [-0.4, -0.2) is 85.2 Å². The number of carbonyl (C=O) groups is 1. The second kappa shape index (κ2) is 5.98. The molecule has 0 spiro atoms. The van der Waals surface area contributed by atoms with Gasteiger partial charge in [-0.2, -0.15) is 4.31 Å². The van der Waals surface area contributed by atoms with Crippen molar-refractivity contribution in [2.24, 2.45) is 0 Å². The first kappa shape index (κ1) is 17.5. The lowest BCUT2D eigenvalue weighted by Gasteiger charge is -2.54. The summed E-state index contributed by atoms with van der Waals surface area (Å²) in [5, 5.41) is 2.91. The number of sulfonamides is 1. The molecule has 2 rings (SSSR count). The number of urea groups is 1. The van der Waals surface area contributed by atoms with Gasteiger partial charge in [0.05, 0.1) is 6.26 Å². The summed E-state index contributed by atoms with van der Waals surface area (Å²) in [6.07, 6.45) is 1.25. The van der Waals surface area contributed by atoms with Gasteiger partial charge in [-0.05, 0) is 27.7 Å². The lowest BCUT2D eigenvalue weighted by atomic mass is 9.94.